The Labute approximate surface area is 119 Å². The van der Waals surface area contributed by atoms with Crippen LogP contribution < -0.4 is 4.74 Å². The second-order valence-corrected chi connectivity index (χ2v) is 5.27. The smallest absolute Gasteiger partial charge is 0.201 e. The van der Waals surface area contributed by atoms with Crippen LogP contribution in [0.15, 0.2) is 18.2 Å². The summed E-state index contributed by atoms with van der Waals surface area (Å²) < 4.78 is 33.4. The molecule has 3 heteroatoms. The van der Waals surface area contributed by atoms with Gasteiger partial charge >= 0.3 is 0 Å². The van der Waals surface area contributed by atoms with E-state index >= 15 is 0 Å². The fraction of sp³-hybridized carbons (Fsp3) is 0.529. The van der Waals surface area contributed by atoms with Gasteiger partial charge in [-0.2, -0.15) is 4.39 Å². The van der Waals surface area contributed by atoms with Crippen LogP contribution in [0.5, 0.6) is 5.75 Å². The highest BCUT2D eigenvalue weighted by Gasteiger charge is 2.18. The van der Waals surface area contributed by atoms with Gasteiger partial charge in [0.25, 0.3) is 0 Å². The number of benzene rings is 1. The van der Waals surface area contributed by atoms with Gasteiger partial charge < -0.3 is 4.74 Å². The van der Waals surface area contributed by atoms with Gasteiger partial charge in [-0.3, -0.25) is 0 Å². The summed E-state index contributed by atoms with van der Waals surface area (Å²) in [5, 5.41) is 0. The first-order chi connectivity index (χ1) is 9.74. The fourth-order valence-corrected chi connectivity index (χ4v) is 2.52. The Balaban J connectivity index is 1.99. The summed E-state index contributed by atoms with van der Waals surface area (Å²) in [4.78, 5) is 0. The molecule has 1 aromatic rings. The maximum atomic E-state index is 14.0. The van der Waals surface area contributed by atoms with Crippen molar-refractivity contribution in [2.75, 3.05) is 6.61 Å². The van der Waals surface area contributed by atoms with Crippen molar-refractivity contribution in [2.24, 2.45) is 0 Å². The van der Waals surface area contributed by atoms with E-state index in [0.29, 0.717) is 12.2 Å². The van der Waals surface area contributed by atoms with Crippen LogP contribution in [0.25, 0.3) is 5.57 Å². The van der Waals surface area contributed by atoms with Crippen molar-refractivity contribution in [1.29, 1.82) is 0 Å². The highest BCUT2D eigenvalue weighted by Crippen LogP contribution is 2.33. The van der Waals surface area contributed by atoms with Crippen LogP contribution >= 0.6 is 0 Å². The zero-order valence-corrected chi connectivity index (χ0v) is 12.1. The number of ether oxygens (including phenoxy) is 1. The topological polar surface area (TPSA) is 9.23 Å². The maximum absolute atomic E-state index is 14.0. The molecular formula is C17H22F2O. The molecule has 0 N–H and O–H groups in total. The molecule has 0 aliphatic heterocycles. The average molecular weight is 280 g/mol. The third-order valence-corrected chi connectivity index (χ3v) is 3.69. The van der Waals surface area contributed by atoms with Gasteiger partial charge in [-0.05, 0) is 43.4 Å². The summed E-state index contributed by atoms with van der Waals surface area (Å²) in [5.74, 6) is -1.60. The molecule has 1 aliphatic carbocycles. The molecule has 0 aromatic heterocycles. The summed E-state index contributed by atoms with van der Waals surface area (Å²) in [7, 11) is 0. The number of rotatable bonds is 7. The van der Waals surface area contributed by atoms with Crippen LogP contribution in [0.3, 0.4) is 0 Å². The molecule has 1 nitrogen and oxygen atoms in total. The lowest BCUT2D eigenvalue weighted by Gasteiger charge is -2.11. The number of hydrogen-bond acceptors (Lipinski definition) is 1. The van der Waals surface area contributed by atoms with E-state index in [2.05, 4.69) is 6.92 Å². The van der Waals surface area contributed by atoms with E-state index in [9.17, 15) is 8.78 Å². The summed E-state index contributed by atoms with van der Waals surface area (Å²) >= 11 is 0. The van der Waals surface area contributed by atoms with E-state index in [4.69, 9.17) is 4.74 Å². The van der Waals surface area contributed by atoms with Gasteiger partial charge in [0.15, 0.2) is 11.6 Å². The minimum absolute atomic E-state index is 0.0290. The van der Waals surface area contributed by atoms with E-state index in [1.54, 1.807) is 12.1 Å². The van der Waals surface area contributed by atoms with E-state index < -0.39 is 11.6 Å². The molecule has 110 valence electrons. The highest BCUT2D eigenvalue weighted by molar-refractivity contribution is 5.68. The fourth-order valence-electron chi connectivity index (χ4n) is 2.52. The Kier molecular flexibility index (Phi) is 5.57. The standard InChI is InChI=1S/C17H22F2O/c1-2-3-4-7-12-20-15-11-10-14(16(18)17(15)19)13-8-5-6-9-13/h8,10-11H,2-7,9,12H2,1H3. The second kappa shape index (κ2) is 7.41. The lowest BCUT2D eigenvalue weighted by Crippen LogP contribution is -2.02. The molecular weight excluding hydrogens is 258 g/mol. The normalized spacial score (nSPS) is 14.4. The van der Waals surface area contributed by atoms with E-state index in [1.165, 1.54) is 0 Å². The van der Waals surface area contributed by atoms with Crippen LogP contribution in [0.2, 0.25) is 0 Å². The first-order valence-corrected chi connectivity index (χ1v) is 7.54. The maximum Gasteiger partial charge on any atom is 0.201 e. The van der Waals surface area contributed by atoms with E-state index in [1.807, 2.05) is 6.08 Å². The lowest BCUT2D eigenvalue weighted by molar-refractivity contribution is 0.285. The molecule has 0 radical (unpaired) electrons. The van der Waals surface area contributed by atoms with Crippen LogP contribution in [0.1, 0.15) is 57.4 Å². The number of allylic oxidation sites excluding steroid dienone is 2. The van der Waals surface area contributed by atoms with E-state index in [-0.39, 0.29) is 5.75 Å². The molecule has 0 spiro atoms. The van der Waals surface area contributed by atoms with Gasteiger partial charge in [0.1, 0.15) is 0 Å². The first kappa shape index (κ1) is 15.0. The largest absolute Gasteiger partial charge is 0.490 e. The monoisotopic (exact) mass is 280 g/mol. The van der Waals surface area contributed by atoms with Gasteiger partial charge in [0.2, 0.25) is 5.82 Å². The molecule has 20 heavy (non-hydrogen) atoms. The summed E-state index contributed by atoms with van der Waals surface area (Å²) in [6.07, 6.45) is 9.02. The van der Waals surface area contributed by atoms with Crippen molar-refractivity contribution >= 4 is 5.57 Å². The summed E-state index contributed by atoms with van der Waals surface area (Å²) in [5.41, 5.74) is 1.30. The Morgan fingerprint density at radius 1 is 1.10 bits per heavy atom. The molecule has 1 aromatic carbocycles. The summed E-state index contributed by atoms with van der Waals surface area (Å²) in [6, 6.07) is 3.18. The molecule has 0 fully saturated rings. The summed E-state index contributed by atoms with van der Waals surface area (Å²) in [6.45, 7) is 2.57. The van der Waals surface area contributed by atoms with E-state index in [0.717, 1.165) is 50.5 Å². The van der Waals surface area contributed by atoms with Crippen LogP contribution in [0.4, 0.5) is 8.78 Å². The number of unbranched alkanes of at least 4 members (excludes halogenated alkanes) is 3. The third-order valence-electron chi connectivity index (χ3n) is 3.69. The Bertz CT molecular complexity index is 480. The van der Waals surface area contributed by atoms with Gasteiger partial charge in [0.05, 0.1) is 6.61 Å². The average Bonchev–Trinajstić information content (AvgIpc) is 2.97. The molecule has 1 aliphatic rings. The molecule has 0 bridgehead atoms. The molecule has 0 saturated carbocycles. The Morgan fingerprint density at radius 2 is 1.95 bits per heavy atom. The SMILES string of the molecule is CCCCCCOc1ccc(C2=CCCC2)c(F)c1F. The van der Waals surface area contributed by atoms with Gasteiger partial charge in [-0.25, -0.2) is 4.39 Å². The van der Waals surface area contributed by atoms with Gasteiger partial charge in [-0.15, -0.1) is 0 Å². The molecule has 0 atom stereocenters. The molecule has 0 heterocycles. The van der Waals surface area contributed by atoms with Crippen molar-refractivity contribution in [2.45, 2.75) is 51.9 Å². The molecule has 0 saturated heterocycles. The number of halogens is 2. The first-order valence-electron chi connectivity index (χ1n) is 7.54. The zero-order valence-electron chi connectivity index (χ0n) is 12.1. The van der Waals surface area contributed by atoms with Crippen molar-refractivity contribution < 1.29 is 13.5 Å². The Morgan fingerprint density at radius 3 is 2.65 bits per heavy atom. The molecule has 2 rings (SSSR count). The van der Waals surface area contributed by atoms with Crippen molar-refractivity contribution in [3.63, 3.8) is 0 Å². The van der Waals surface area contributed by atoms with Crippen molar-refractivity contribution in [3.8, 4) is 5.75 Å². The van der Waals surface area contributed by atoms with Crippen molar-refractivity contribution in [1.82, 2.24) is 0 Å². The quantitative estimate of drug-likeness (QED) is 0.600. The number of hydrogen-bond donors (Lipinski definition) is 0. The highest BCUT2D eigenvalue weighted by atomic mass is 19.2. The van der Waals surface area contributed by atoms with Gasteiger partial charge in [0, 0.05) is 5.56 Å². The minimum atomic E-state index is -0.856. The van der Waals surface area contributed by atoms with Crippen LogP contribution in [-0.2, 0) is 0 Å². The van der Waals surface area contributed by atoms with Crippen molar-refractivity contribution in [3.05, 3.63) is 35.4 Å². The van der Waals surface area contributed by atoms with Crippen LogP contribution in [0, 0.1) is 11.6 Å². The van der Waals surface area contributed by atoms with Gasteiger partial charge in [-0.1, -0.05) is 32.3 Å². The third kappa shape index (κ3) is 3.59. The Hall–Kier alpha value is -1.38. The predicted molar refractivity (Wildman–Crippen MR) is 77.8 cm³/mol. The predicted octanol–water partition coefficient (Wildman–Crippen LogP) is 5.49. The lowest BCUT2D eigenvalue weighted by atomic mass is 10.0. The molecule has 0 unspecified atom stereocenters. The second-order valence-electron chi connectivity index (χ2n) is 5.27. The van der Waals surface area contributed by atoms with Crippen LogP contribution in [-0.4, -0.2) is 6.61 Å². The minimum Gasteiger partial charge on any atom is -0.490 e. The molecule has 0 amide bonds. The zero-order chi connectivity index (χ0) is 14.4.